The second kappa shape index (κ2) is 8.65. The standard InChI is InChI=1S/C16H21FN2O2.C2H6/c1-10-5-4-8-19(10)16(21)13-6-7-14(15(17)9-13)11(2)18-12(3)20;1-2/h6-7,9-11H,4-5,8H2,1-3H3,(H,18,20);1-2H3. The van der Waals surface area contributed by atoms with E-state index in [1.165, 1.54) is 13.0 Å². The molecule has 0 radical (unpaired) electrons. The van der Waals surface area contributed by atoms with Crippen molar-refractivity contribution in [2.45, 2.75) is 59.5 Å². The lowest BCUT2D eigenvalue weighted by Gasteiger charge is -2.22. The van der Waals surface area contributed by atoms with Gasteiger partial charge in [-0.2, -0.15) is 0 Å². The number of hydrogen-bond donors (Lipinski definition) is 1. The maximum atomic E-state index is 14.2. The summed E-state index contributed by atoms with van der Waals surface area (Å²) in [5.41, 5.74) is 0.747. The van der Waals surface area contributed by atoms with E-state index in [9.17, 15) is 14.0 Å². The van der Waals surface area contributed by atoms with Crippen LogP contribution in [0.2, 0.25) is 0 Å². The van der Waals surface area contributed by atoms with Gasteiger partial charge in [-0.3, -0.25) is 9.59 Å². The first-order valence-corrected chi connectivity index (χ1v) is 8.27. The highest BCUT2D eigenvalue weighted by molar-refractivity contribution is 5.94. The van der Waals surface area contributed by atoms with E-state index in [1.807, 2.05) is 20.8 Å². The Morgan fingerprint density at radius 3 is 2.48 bits per heavy atom. The third-order valence-corrected chi connectivity index (χ3v) is 3.95. The molecule has 1 aliphatic rings. The van der Waals surface area contributed by atoms with Gasteiger partial charge in [0.2, 0.25) is 5.91 Å². The first kappa shape index (κ1) is 19.1. The molecular weight excluding hydrogens is 295 g/mol. The molecule has 5 heteroatoms. The summed E-state index contributed by atoms with van der Waals surface area (Å²) in [5.74, 6) is -0.806. The normalized spacial score (nSPS) is 18.0. The summed E-state index contributed by atoms with van der Waals surface area (Å²) < 4.78 is 14.2. The van der Waals surface area contributed by atoms with Crippen LogP contribution < -0.4 is 5.32 Å². The summed E-state index contributed by atoms with van der Waals surface area (Å²) in [4.78, 5) is 25.2. The molecule has 4 nitrogen and oxygen atoms in total. The maximum absolute atomic E-state index is 14.2. The van der Waals surface area contributed by atoms with Crippen molar-refractivity contribution in [2.24, 2.45) is 0 Å². The largest absolute Gasteiger partial charge is 0.350 e. The number of nitrogens with one attached hydrogen (secondary N) is 1. The van der Waals surface area contributed by atoms with Crippen molar-refractivity contribution in [1.29, 1.82) is 0 Å². The Hall–Kier alpha value is -1.91. The van der Waals surface area contributed by atoms with Crippen molar-refractivity contribution >= 4 is 11.8 Å². The van der Waals surface area contributed by atoms with Crippen LogP contribution in [0.1, 0.15) is 69.4 Å². The number of amides is 2. The zero-order valence-electron chi connectivity index (χ0n) is 14.6. The van der Waals surface area contributed by atoms with Gasteiger partial charge in [-0.05, 0) is 38.8 Å². The summed E-state index contributed by atoms with van der Waals surface area (Å²) in [6.45, 7) is 9.84. The fraction of sp³-hybridized carbons (Fsp3) is 0.556. The van der Waals surface area contributed by atoms with Crippen LogP contribution in [-0.4, -0.2) is 29.3 Å². The number of likely N-dealkylation sites (tertiary alicyclic amines) is 1. The molecule has 2 atom stereocenters. The zero-order chi connectivity index (χ0) is 17.6. The number of hydrogen-bond acceptors (Lipinski definition) is 2. The average Bonchev–Trinajstić information content (AvgIpc) is 2.93. The van der Waals surface area contributed by atoms with Crippen LogP contribution in [0.15, 0.2) is 18.2 Å². The molecular formula is C18H27FN2O2. The second-order valence-electron chi connectivity index (χ2n) is 5.65. The summed E-state index contributed by atoms with van der Waals surface area (Å²) in [5, 5.41) is 2.64. The van der Waals surface area contributed by atoms with Gasteiger partial charge in [0.25, 0.3) is 5.91 Å². The van der Waals surface area contributed by atoms with Crippen LogP contribution in [-0.2, 0) is 4.79 Å². The number of rotatable bonds is 3. The predicted molar refractivity (Wildman–Crippen MR) is 89.7 cm³/mol. The minimum Gasteiger partial charge on any atom is -0.350 e. The molecule has 1 N–H and O–H groups in total. The van der Waals surface area contributed by atoms with Crippen LogP contribution in [0.4, 0.5) is 4.39 Å². The zero-order valence-corrected chi connectivity index (χ0v) is 14.6. The van der Waals surface area contributed by atoms with Crippen molar-refractivity contribution in [3.63, 3.8) is 0 Å². The molecule has 0 aliphatic carbocycles. The Labute approximate surface area is 138 Å². The van der Waals surface area contributed by atoms with Crippen molar-refractivity contribution in [3.05, 3.63) is 35.1 Å². The van der Waals surface area contributed by atoms with Crippen molar-refractivity contribution < 1.29 is 14.0 Å². The van der Waals surface area contributed by atoms with Crippen molar-refractivity contribution in [2.75, 3.05) is 6.54 Å². The quantitative estimate of drug-likeness (QED) is 0.923. The van der Waals surface area contributed by atoms with E-state index in [4.69, 9.17) is 0 Å². The summed E-state index contributed by atoms with van der Waals surface area (Å²) in [6.07, 6.45) is 1.99. The second-order valence-corrected chi connectivity index (χ2v) is 5.65. The number of nitrogens with zero attached hydrogens (tertiary/aromatic N) is 1. The van der Waals surface area contributed by atoms with E-state index < -0.39 is 11.9 Å². The Balaban J connectivity index is 0.00000127. The maximum Gasteiger partial charge on any atom is 0.254 e. The molecule has 1 fully saturated rings. The van der Waals surface area contributed by atoms with E-state index in [2.05, 4.69) is 5.32 Å². The number of carbonyl (C=O) groups is 2. The Morgan fingerprint density at radius 2 is 2.00 bits per heavy atom. The highest BCUT2D eigenvalue weighted by Crippen LogP contribution is 2.22. The summed E-state index contributed by atoms with van der Waals surface area (Å²) in [6, 6.07) is 4.26. The van der Waals surface area contributed by atoms with E-state index in [0.29, 0.717) is 11.1 Å². The van der Waals surface area contributed by atoms with Crippen molar-refractivity contribution in [3.8, 4) is 0 Å². The van der Waals surface area contributed by atoms with E-state index >= 15 is 0 Å². The molecule has 1 aromatic carbocycles. The Bertz CT molecular complexity index is 560. The topological polar surface area (TPSA) is 49.4 Å². The van der Waals surface area contributed by atoms with E-state index in [0.717, 1.165) is 19.4 Å². The van der Waals surface area contributed by atoms with Crippen molar-refractivity contribution in [1.82, 2.24) is 10.2 Å². The number of carbonyl (C=O) groups excluding carboxylic acids is 2. The van der Waals surface area contributed by atoms with Gasteiger partial charge in [0, 0.05) is 30.6 Å². The molecule has 0 bridgehead atoms. The van der Waals surface area contributed by atoms with Crippen LogP contribution in [0.3, 0.4) is 0 Å². The predicted octanol–water partition coefficient (Wildman–Crippen LogP) is 3.67. The first-order valence-electron chi connectivity index (χ1n) is 8.27. The summed E-state index contributed by atoms with van der Waals surface area (Å²) >= 11 is 0. The fourth-order valence-corrected chi connectivity index (χ4v) is 2.79. The fourth-order valence-electron chi connectivity index (χ4n) is 2.79. The molecule has 1 heterocycles. The molecule has 1 aliphatic heterocycles. The van der Waals surface area contributed by atoms with E-state index in [1.54, 1.807) is 24.0 Å². The molecule has 2 rings (SSSR count). The lowest BCUT2D eigenvalue weighted by Crippen LogP contribution is -2.33. The number of benzene rings is 1. The van der Waals surface area contributed by atoms with E-state index in [-0.39, 0.29) is 17.9 Å². The Kier molecular flexibility index (Phi) is 7.20. The highest BCUT2D eigenvalue weighted by atomic mass is 19.1. The molecule has 0 spiro atoms. The first-order chi connectivity index (χ1) is 10.9. The molecule has 2 amide bonds. The van der Waals surface area contributed by atoms with Gasteiger partial charge >= 0.3 is 0 Å². The minimum atomic E-state index is -0.464. The van der Waals surface area contributed by atoms with Gasteiger partial charge in [-0.1, -0.05) is 19.9 Å². The van der Waals surface area contributed by atoms with Crippen LogP contribution in [0.5, 0.6) is 0 Å². The monoisotopic (exact) mass is 322 g/mol. The molecule has 1 saturated heterocycles. The molecule has 23 heavy (non-hydrogen) atoms. The lowest BCUT2D eigenvalue weighted by molar-refractivity contribution is -0.119. The van der Waals surface area contributed by atoms with Gasteiger partial charge in [-0.15, -0.1) is 0 Å². The lowest BCUT2D eigenvalue weighted by atomic mass is 10.0. The third-order valence-electron chi connectivity index (χ3n) is 3.95. The highest BCUT2D eigenvalue weighted by Gasteiger charge is 2.26. The number of halogens is 1. The van der Waals surface area contributed by atoms with Gasteiger partial charge in [0.05, 0.1) is 6.04 Å². The SMILES string of the molecule is CC.CC(=O)NC(C)c1ccc(C(=O)N2CCCC2C)cc1F. The van der Waals surface area contributed by atoms with Gasteiger partial charge < -0.3 is 10.2 Å². The summed E-state index contributed by atoms with van der Waals surface area (Å²) in [7, 11) is 0. The minimum absolute atomic E-state index is 0.127. The van der Waals surface area contributed by atoms with Crippen LogP contribution >= 0.6 is 0 Å². The van der Waals surface area contributed by atoms with Gasteiger partial charge in [0.15, 0.2) is 0 Å². The van der Waals surface area contributed by atoms with Gasteiger partial charge in [0.1, 0.15) is 5.82 Å². The molecule has 0 aromatic heterocycles. The molecule has 0 saturated carbocycles. The van der Waals surface area contributed by atoms with Crippen LogP contribution in [0.25, 0.3) is 0 Å². The Morgan fingerprint density at radius 1 is 1.35 bits per heavy atom. The molecule has 2 unspecified atom stereocenters. The average molecular weight is 322 g/mol. The molecule has 1 aromatic rings. The molecule has 128 valence electrons. The van der Waals surface area contributed by atoms with Crippen LogP contribution in [0, 0.1) is 5.82 Å². The third kappa shape index (κ3) is 4.78. The van der Waals surface area contributed by atoms with Gasteiger partial charge in [-0.25, -0.2) is 4.39 Å². The smallest absolute Gasteiger partial charge is 0.254 e.